The third-order valence-corrected chi connectivity index (χ3v) is 4.23. The second-order valence-electron chi connectivity index (χ2n) is 5.91. The minimum Gasteiger partial charge on any atom is -0.424 e. The molecule has 0 radical (unpaired) electrons. The summed E-state index contributed by atoms with van der Waals surface area (Å²) in [5.41, 5.74) is 0.575. The van der Waals surface area contributed by atoms with Gasteiger partial charge in [0.15, 0.2) is 0 Å². The van der Waals surface area contributed by atoms with Crippen LogP contribution in [0.4, 0.5) is 5.82 Å². The Hall–Kier alpha value is -2.46. The number of pyridine rings is 1. The monoisotopic (exact) mass is 312 g/mol. The number of nitrogens with one attached hydrogen (secondary N) is 1. The van der Waals surface area contributed by atoms with Gasteiger partial charge in [0.05, 0.1) is 11.6 Å². The van der Waals surface area contributed by atoms with Crippen LogP contribution in [-0.2, 0) is 0 Å². The first-order valence-electron chi connectivity index (χ1n) is 7.80. The lowest BCUT2D eigenvalue weighted by Gasteiger charge is -2.21. The van der Waals surface area contributed by atoms with Gasteiger partial charge in [-0.1, -0.05) is 0 Å². The number of hydrogen-bond acceptors (Lipinski definition) is 7. The third kappa shape index (κ3) is 3.66. The highest BCUT2D eigenvalue weighted by molar-refractivity contribution is 5.38. The Labute approximate surface area is 135 Å². The highest BCUT2D eigenvalue weighted by Crippen LogP contribution is 2.26. The molecular weight excluding hydrogens is 292 g/mol. The number of aryl methyl sites for hydroxylation is 1. The zero-order chi connectivity index (χ0) is 16.2. The van der Waals surface area contributed by atoms with Gasteiger partial charge in [0.2, 0.25) is 11.8 Å². The number of hydrogen-bond donors (Lipinski definition) is 1. The maximum atomic E-state index is 8.77. The van der Waals surface area contributed by atoms with E-state index in [0.29, 0.717) is 23.3 Å². The van der Waals surface area contributed by atoms with Crippen molar-refractivity contribution >= 4 is 5.82 Å². The summed E-state index contributed by atoms with van der Waals surface area (Å²) in [6.07, 6.45) is 2.71. The highest BCUT2D eigenvalue weighted by Gasteiger charge is 2.29. The molecule has 0 amide bonds. The van der Waals surface area contributed by atoms with Gasteiger partial charge in [-0.3, -0.25) is 4.90 Å². The van der Waals surface area contributed by atoms with E-state index >= 15 is 0 Å². The predicted octanol–water partition coefficient (Wildman–Crippen LogP) is 2.14. The molecule has 1 aliphatic rings. The molecule has 0 saturated carbocycles. The van der Waals surface area contributed by atoms with Gasteiger partial charge in [-0.05, 0) is 37.9 Å². The van der Waals surface area contributed by atoms with Gasteiger partial charge in [-0.25, -0.2) is 4.98 Å². The molecule has 120 valence electrons. The van der Waals surface area contributed by atoms with Crippen molar-refractivity contribution in [2.45, 2.75) is 26.3 Å². The van der Waals surface area contributed by atoms with Crippen LogP contribution in [0, 0.1) is 24.2 Å². The topological polar surface area (TPSA) is 90.9 Å². The quantitative estimate of drug-likeness (QED) is 0.904. The number of anilines is 1. The molecule has 0 bridgehead atoms. The van der Waals surface area contributed by atoms with Crippen molar-refractivity contribution in [2.75, 3.05) is 25.0 Å². The second kappa shape index (κ2) is 6.75. The van der Waals surface area contributed by atoms with Gasteiger partial charge >= 0.3 is 0 Å². The van der Waals surface area contributed by atoms with Crippen LogP contribution in [0.15, 0.2) is 22.7 Å². The molecule has 1 N–H and O–H groups in total. The van der Waals surface area contributed by atoms with Crippen LogP contribution in [0.1, 0.15) is 36.7 Å². The van der Waals surface area contributed by atoms with Crippen LogP contribution < -0.4 is 5.32 Å². The molecule has 1 aliphatic heterocycles. The Morgan fingerprint density at radius 2 is 2.35 bits per heavy atom. The minimum atomic E-state index is 0.147. The number of likely N-dealkylation sites (tertiary alicyclic amines) is 1. The van der Waals surface area contributed by atoms with Crippen molar-refractivity contribution in [3.63, 3.8) is 0 Å². The maximum absolute atomic E-state index is 8.77. The zero-order valence-corrected chi connectivity index (χ0v) is 13.4. The number of rotatable bonds is 5. The Kier molecular flexibility index (Phi) is 4.53. The molecule has 2 atom stereocenters. The minimum absolute atomic E-state index is 0.147. The molecule has 2 aromatic rings. The van der Waals surface area contributed by atoms with Crippen molar-refractivity contribution < 1.29 is 4.42 Å². The molecule has 0 aromatic carbocycles. The molecule has 1 saturated heterocycles. The number of nitrogens with zero attached hydrogens (tertiary/aromatic N) is 5. The van der Waals surface area contributed by atoms with Gasteiger partial charge < -0.3 is 9.73 Å². The molecule has 7 nitrogen and oxygen atoms in total. The van der Waals surface area contributed by atoms with Crippen LogP contribution >= 0.6 is 0 Å². The normalized spacial score (nSPS) is 19.4. The number of nitriles is 1. The van der Waals surface area contributed by atoms with Crippen LogP contribution in [-0.4, -0.2) is 39.7 Å². The number of aromatic nitrogens is 3. The van der Waals surface area contributed by atoms with E-state index in [1.54, 1.807) is 12.3 Å². The molecular formula is C16H20N6O. The zero-order valence-electron chi connectivity index (χ0n) is 13.4. The molecule has 0 aliphatic carbocycles. The first-order valence-corrected chi connectivity index (χ1v) is 7.80. The SMILES string of the molecule is Cc1nnc(C(C)N2CCC(CNc3ccc(C#N)cn3)C2)o1. The predicted molar refractivity (Wildman–Crippen MR) is 84.6 cm³/mol. The van der Waals surface area contributed by atoms with E-state index in [0.717, 1.165) is 31.9 Å². The van der Waals surface area contributed by atoms with Crippen LogP contribution in [0.2, 0.25) is 0 Å². The lowest BCUT2D eigenvalue weighted by atomic mass is 10.1. The maximum Gasteiger partial charge on any atom is 0.233 e. The fourth-order valence-corrected chi connectivity index (χ4v) is 2.83. The molecule has 2 unspecified atom stereocenters. The first kappa shape index (κ1) is 15.4. The van der Waals surface area contributed by atoms with E-state index in [-0.39, 0.29) is 6.04 Å². The summed E-state index contributed by atoms with van der Waals surface area (Å²) in [6.45, 7) is 6.79. The van der Waals surface area contributed by atoms with Crippen molar-refractivity contribution in [2.24, 2.45) is 5.92 Å². The Morgan fingerprint density at radius 1 is 1.48 bits per heavy atom. The van der Waals surface area contributed by atoms with Crippen LogP contribution in [0.25, 0.3) is 0 Å². The summed E-state index contributed by atoms with van der Waals surface area (Å²) >= 11 is 0. The summed E-state index contributed by atoms with van der Waals surface area (Å²) in [7, 11) is 0. The van der Waals surface area contributed by atoms with E-state index in [2.05, 4.69) is 38.4 Å². The van der Waals surface area contributed by atoms with Gasteiger partial charge in [-0.2, -0.15) is 5.26 Å². The first-order chi connectivity index (χ1) is 11.2. The van der Waals surface area contributed by atoms with Gasteiger partial charge in [-0.15, -0.1) is 10.2 Å². The fraction of sp³-hybridized carbons (Fsp3) is 0.500. The van der Waals surface area contributed by atoms with Gasteiger partial charge in [0.1, 0.15) is 11.9 Å². The molecule has 3 rings (SSSR count). The highest BCUT2D eigenvalue weighted by atomic mass is 16.4. The van der Waals surface area contributed by atoms with Gasteiger partial charge in [0.25, 0.3) is 0 Å². The van der Waals surface area contributed by atoms with Gasteiger partial charge in [0, 0.05) is 26.2 Å². The average Bonchev–Trinajstić information content (AvgIpc) is 3.22. The van der Waals surface area contributed by atoms with Crippen molar-refractivity contribution in [1.29, 1.82) is 5.26 Å². The summed E-state index contributed by atoms with van der Waals surface area (Å²) in [5.74, 6) is 2.66. The van der Waals surface area contributed by atoms with Crippen molar-refractivity contribution in [3.05, 3.63) is 35.7 Å². The molecule has 2 aromatic heterocycles. The Bertz CT molecular complexity index is 689. The van der Waals surface area contributed by atoms with E-state index in [4.69, 9.17) is 9.68 Å². The van der Waals surface area contributed by atoms with E-state index < -0.39 is 0 Å². The summed E-state index contributed by atoms with van der Waals surface area (Å²) < 4.78 is 5.53. The molecule has 0 spiro atoms. The smallest absolute Gasteiger partial charge is 0.233 e. The summed E-state index contributed by atoms with van der Waals surface area (Å²) in [4.78, 5) is 6.60. The van der Waals surface area contributed by atoms with Crippen LogP contribution in [0.3, 0.4) is 0 Å². The van der Waals surface area contributed by atoms with Crippen molar-refractivity contribution in [3.8, 4) is 6.07 Å². The fourth-order valence-electron chi connectivity index (χ4n) is 2.83. The molecule has 1 fully saturated rings. The molecule has 3 heterocycles. The van der Waals surface area contributed by atoms with Crippen LogP contribution in [0.5, 0.6) is 0 Å². The Morgan fingerprint density at radius 3 is 3.00 bits per heavy atom. The summed E-state index contributed by atoms with van der Waals surface area (Å²) in [6, 6.07) is 5.83. The Balaban J connectivity index is 1.50. The van der Waals surface area contributed by atoms with Crippen molar-refractivity contribution in [1.82, 2.24) is 20.1 Å². The third-order valence-electron chi connectivity index (χ3n) is 4.23. The molecule has 23 heavy (non-hydrogen) atoms. The summed E-state index contributed by atoms with van der Waals surface area (Å²) in [5, 5.41) is 20.1. The standard InChI is InChI=1S/C16H20N6O/c1-11(16-21-20-12(2)23-16)22-6-5-14(10-22)9-19-15-4-3-13(7-17)8-18-15/h3-4,8,11,14H,5-6,9-10H2,1-2H3,(H,18,19). The van der Waals surface area contributed by atoms with E-state index in [1.807, 2.05) is 13.0 Å². The largest absolute Gasteiger partial charge is 0.424 e. The van der Waals surface area contributed by atoms with E-state index in [1.165, 1.54) is 0 Å². The average molecular weight is 312 g/mol. The second-order valence-corrected chi connectivity index (χ2v) is 5.91. The molecule has 7 heteroatoms. The van der Waals surface area contributed by atoms with E-state index in [9.17, 15) is 0 Å². The lowest BCUT2D eigenvalue weighted by molar-refractivity contribution is 0.216. The lowest BCUT2D eigenvalue weighted by Crippen LogP contribution is -2.26.